The molecule has 18 heavy (non-hydrogen) atoms. The topological polar surface area (TPSA) is 49.8 Å². The van der Waals surface area contributed by atoms with Gasteiger partial charge in [-0.3, -0.25) is 4.79 Å². The van der Waals surface area contributed by atoms with Gasteiger partial charge in [-0.2, -0.15) is 0 Å². The van der Waals surface area contributed by atoms with E-state index in [0.717, 1.165) is 30.0 Å². The van der Waals surface area contributed by atoms with E-state index in [2.05, 4.69) is 17.9 Å². The van der Waals surface area contributed by atoms with Crippen LogP contribution in [0.5, 0.6) is 5.75 Å². The molecular weight excluding hydrogens is 230 g/mol. The van der Waals surface area contributed by atoms with Gasteiger partial charge in [-0.15, -0.1) is 0 Å². The van der Waals surface area contributed by atoms with Gasteiger partial charge in [-0.25, -0.2) is 0 Å². The molecule has 0 amide bonds. The molecule has 1 aliphatic rings. The number of aliphatic carboxylic acids is 1. The molecule has 1 aromatic carbocycles. The Morgan fingerprint density at radius 1 is 1.56 bits per heavy atom. The summed E-state index contributed by atoms with van der Waals surface area (Å²) in [5.41, 5.74) is 2.17. The molecule has 1 heterocycles. The van der Waals surface area contributed by atoms with Crippen LogP contribution in [0.1, 0.15) is 25.3 Å². The van der Waals surface area contributed by atoms with Crippen molar-refractivity contribution in [2.75, 3.05) is 18.0 Å². The van der Waals surface area contributed by atoms with E-state index in [9.17, 15) is 4.79 Å². The number of fused-ring (bicyclic) bond motifs is 1. The smallest absolute Gasteiger partial charge is 0.305 e. The number of hydrogen-bond donors (Lipinski definition) is 1. The minimum Gasteiger partial charge on any atom is -0.486 e. The molecule has 0 spiro atoms. The Kier molecular flexibility index (Phi) is 3.75. The van der Waals surface area contributed by atoms with Crippen molar-refractivity contribution in [3.63, 3.8) is 0 Å². The molecule has 0 fully saturated rings. The van der Waals surface area contributed by atoms with Crippen molar-refractivity contribution in [2.45, 2.75) is 32.8 Å². The summed E-state index contributed by atoms with van der Waals surface area (Å²) < 4.78 is 5.88. The van der Waals surface area contributed by atoms with Gasteiger partial charge in [0.2, 0.25) is 0 Å². The Morgan fingerprint density at radius 2 is 2.33 bits per heavy atom. The van der Waals surface area contributed by atoms with Crippen LogP contribution in [0.4, 0.5) is 5.69 Å². The van der Waals surface area contributed by atoms with E-state index in [1.165, 1.54) is 0 Å². The van der Waals surface area contributed by atoms with Crippen LogP contribution in [-0.4, -0.2) is 30.3 Å². The first-order valence-electron chi connectivity index (χ1n) is 6.34. The highest BCUT2D eigenvalue weighted by Crippen LogP contribution is 2.34. The SMILES string of the molecule is CCC1CN(CCC(=O)O)c2cc(C)ccc2O1. The zero-order valence-electron chi connectivity index (χ0n) is 10.8. The Balaban J connectivity index is 2.23. The van der Waals surface area contributed by atoms with Gasteiger partial charge in [-0.05, 0) is 31.0 Å². The Bertz CT molecular complexity index is 445. The molecule has 4 nitrogen and oxygen atoms in total. The number of ether oxygens (including phenoxy) is 1. The van der Waals surface area contributed by atoms with E-state index < -0.39 is 5.97 Å². The molecule has 0 radical (unpaired) electrons. The third-order valence-electron chi connectivity index (χ3n) is 3.22. The van der Waals surface area contributed by atoms with Crippen molar-refractivity contribution < 1.29 is 14.6 Å². The molecule has 1 aliphatic heterocycles. The summed E-state index contributed by atoms with van der Waals surface area (Å²) >= 11 is 0. The Hall–Kier alpha value is -1.71. The number of carboxylic acids is 1. The number of nitrogens with zero attached hydrogens (tertiary/aromatic N) is 1. The van der Waals surface area contributed by atoms with Crippen LogP contribution in [0.25, 0.3) is 0 Å². The third kappa shape index (κ3) is 2.75. The molecule has 1 atom stereocenters. The number of carbonyl (C=O) groups is 1. The summed E-state index contributed by atoms with van der Waals surface area (Å²) in [5.74, 6) is 0.104. The van der Waals surface area contributed by atoms with Gasteiger partial charge in [0.05, 0.1) is 18.7 Å². The van der Waals surface area contributed by atoms with Gasteiger partial charge in [0, 0.05) is 6.54 Å². The highest BCUT2D eigenvalue weighted by Gasteiger charge is 2.24. The van der Waals surface area contributed by atoms with Crippen molar-refractivity contribution >= 4 is 11.7 Å². The van der Waals surface area contributed by atoms with E-state index in [1.54, 1.807) is 0 Å². The molecule has 0 saturated heterocycles. The molecule has 1 unspecified atom stereocenters. The first-order chi connectivity index (χ1) is 8.60. The first-order valence-corrected chi connectivity index (χ1v) is 6.34. The number of rotatable bonds is 4. The van der Waals surface area contributed by atoms with E-state index in [4.69, 9.17) is 9.84 Å². The average Bonchev–Trinajstić information content (AvgIpc) is 2.35. The second-order valence-electron chi connectivity index (χ2n) is 4.71. The lowest BCUT2D eigenvalue weighted by Gasteiger charge is -2.36. The number of carboxylic acid groups (broad SMARTS) is 1. The Morgan fingerprint density at radius 3 is 3.00 bits per heavy atom. The van der Waals surface area contributed by atoms with Crippen LogP contribution >= 0.6 is 0 Å². The van der Waals surface area contributed by atoms with E-state index in [1.807, 2.05) is 19.1 Å². The molecule has 0 aromatic heterocycles. The number of hydrogen-bond acceptors (Lipinski definition) is 3. The molecular formula is C14H19NO3. The van der Waals surface area contributed by atoms with Crippen molar-refractivity contribution in [1.29, 1.82) is 0 Å². The first kappa shape index (κ1) is 12.7. The highest BCUT2D eigenvalue weighted by atomic mass is 16.5. The second kappa shape index (κ2) is 5.29. The van der Waals surface area contributed by atoms with Crippen LogP contribution in [0.2, 0.25) is 0 Å². The number of aryl methyl sites for hydroxylation is 1. The largest absolute Gasteiger partial charge is 0.486 e. The number of anilines is 1. The monoisotopic (exact) mass is 249 g/mol. The van der Waals surface area contributed by atoms with Crippen molar-refractivity contribution in [3.05, 3.63) is 23.8 Å². The summed E-state index contributed by atoms with van der Waals surface area (Å²) in [5, 5.41) is 8.81. The van der Waals surface area contributed by atoms with Gasteiger partial charge in [-0.1, -0.05) is 13.0 Å². The summed E-state index contributed by atoms with van der Waals surface area (Å²) in [6.07, 6.45) is 1.23. The summed E-state index contributed by atoms with van der Waals surface area (Å²) in [4.78, 5) is 12.8. The lowest BCUT2D eigenvalue weighted by atomic mass is 10.1. The summed E-state index contributed by atoms with van der Waals surface area (Å²) in [7, 11) is 0. The van der Waals surface area contributed by atoms with Crippen LogP contribution in [0.3, 0.4) is 0 Å². The quantitative estimate of drug-likeness (QED) is 0.890. The highest BCUT2D eigenvalue weighted by molar-refractivity contribution is 5.69. The van der Waals surface area contributed by atoms with Crippen molar-refractivity contribution in [2.24, 2.45) is 0 Å². The van der Waals surface area contributed by atoms with Crippen molar-refractivity contribution in [1.82, 2.24) is 0 Å². The Labute approximate surface area is 107 Å². The zero-order chi connectivity index (χ0) is 13.1. The zero-order valence-corrected chi connectivity index (χ0v) is 10.8. The van der Waals surface area contributed by atoms with Gasteiger partial charge < -0.3 is 14.7 Å². The maximum atomic E-state index is 10.7. The van der Waals surface area contributed by atoms with E-state index in [0.29, 0.717) is 6.54 Å². The molecule has 1 N–H and O–H groups in total. The van der Waals surface area contributed by atoms with E-state index in [-0.39, 0.29) is 12.5 Å². The summed E-state index contributed by atoms with van der Waals surface area (Å²) in [6.45, 7) is 5.41. The molecule has 1 aromatic rings. The third-order valence-corrected chi connectivity index (χ3v) is 3.22. The molecule has 98 valence electrons. The molecule has 4 heteroatoms. The van der Waals surface area contributed by atoms with Crippen molar-refractivity contribution in [3.8, 4) is 5.75 Å². The standard InChI is InChI=1S/C14H19NO3/c1-3-11-9-15(7-6-14(16)17)12-8-10(2)4-5-13(12)18-11/h4-5,8,11H,3,6-7,9H2,1-2H3,(H,16,17). The van der Waals surface area contributed by atoms with Gasteiger partial charge in [0.15, 0.2) is 0 Å². The molecule has 0 bridgehead atoms. The second-order valence-corrected chi connectivity index (χ2v) is 4.71. The summed E-state index contributed by atoms with van der Waals surface area (Å²) in [6, 6.07) is 6.05. The minimum absolute atomic E-state index is 0.147. The average molecular weight is 249 g/mol. The maximum Gasteiger partial charge on any atom is 0.305 e. The predicted octanol–water partition coefficient (Wildman–Crippen LogP) is 2.45. The molecule has 2 rings (SSSR count). The molecule has 0 aliphatic carbocycles. The van der Waals surface area contributed by atoms with Crippen LogP contribution in [0, 0.1) is 6.92 Å². The van der Waals surface area contributed by atoms with E-state index >= 15 is 0 Å². The molecule has 0 saturated carbocycles. The fourth-order valence-electron chi connectivity index (χ4n) is 2.19. The van der Waals surface area contributed by atoms with Crippen LogP contribution in [-0.2, 0) is 4.79 Å². The minimum atomic E-state index is -0.760. The maximum absolute atomic E-state index is 10.7. The van der Waals surface area contributed by atoms with Gasteiger partial charge in [0.25, 0.3) is 0 Å². The van der Waals surface area contributed by atoms with Gasteiger partial charge >= 0.3 is 5.97 Å². The van der Waals surface area contributed by atoms with Crippen LogP contribution < -0.4 is 9.64 Å². The fourth-order valence-corrected chi connectivity index (χ4v) is 2.19. The van der Waals surface area contributed by atoms with Crippen LogP contribution in [0.15, 0.2) is 18.2 Å². The predicted molar refractivity (Wildman–Crippen MR) is 70.4 cm³/mol. The number of benzene rings is 1. The van der Waals surface area contributed by atoms with Gasteiger partial charge in [0.1, 0.15) is 11.9 Å². The fraction of sp³-hybridized carbons (Fsp3) is 0.500. The normalized spacial score (nSPS) is 18.1. The lowest BCUT2D eigenvalue weighted by Crippen LogP contribution is -2.40. The lowest BCUT2D eigenvalue weighted by molar-refractivity contribution is -0.136.